The smallest absolute Gasteiger partial charge is 0.273 e. The number of fused-ring (bicyclic) bond motifs is 2. The van der Waals surface area contributed by atoms with E-state index in [4.69, 9.17) is 4.43 Å². The molecule has 226 valence electrons. The van der Waals surface area contributed by atoms with Crippen molar-refractivity contribution in [3.63, 3.8) is 0 Å². The molecular weight excluding hydrogens is 566 g/mol. The lowest BCUT2D eigenvalue weighted by atomic mass is 9.70. The van der Waals surface area contributed by atoms with E-state index in [1.807, 2.05) is 0 Å². The molecule has 0 spiro atoms. The second-order valence-electron chi connectivity index (χ2n) is 12.6. The van der Waals surface area contributed by atoms with Gasteiger partial charge in [-0.3, -0.25) is 39.1 Å². The van der Waals surface area contributed by atoms with Crippen LogP contribution in [0.3, 0.4) is 0 Å². The Kier molecular flexibility index (Phi) is 7.66. The maximum absolute atomic E-state index is 14.0. The van der Waals surface area contributed by atoms with Crippen LogP contribution in [0.25, 0.3) is 0 Å². The minimum absolute atomic E-state index is 0.0991. The van der Waals surface area contributed by atoms with Gasteiger partial charge in [0.1, 0.15) is 6.04 Å². The van der Waals surface area contributed by atoms with E-state index in [1.54, 1.807) is 48.5 Å². The van der Waals surface area contributed by atoms with E-state index >= 15 is 0 Å². The molecule has 4 atom stereocenters. The van der Waals surface area contributed by atoms with E-state index in [1.165, 1.54) is 13.1 Å². The number of rotatable bonds is 8. The Bertz CT molecular complexity index is 1510. The Balaban J connectivity index is 1.80. The molecule has 0 unspecified atom stereocenters. The Hall–Kier alpha value is -4.12. The van der Waals surface area contributed by atoms with Crippen molar-refractivity contribution in [3.8, 4) is 0 Å². The summed E-state index contributed by atoms with van der Waals surface area (Å²) in [5.74, 6) is -5.11. The third kappa shape index (κ3) is 4.43. The number of allylic oxidation sites excluding steroid dienone is 1. The predicted molar refractivity (Wildman–Crippen MR) is 162 cm³/mol. The molecule has 1 saturated heterocycles. The van der Waals surface area contributed by atoms with Gasteiger partial charge in [0.05, 0.1) is 33.6 Å². The van der Waals surface area contributed by atoms with Crippen molar-refractivity contribution in [3.05, 3.63) is 87.2 Å². The van der Waals surface area contributed by atoms with Crippen LogP contribution in [0.5, 0.6) is 0 Å². The summed E-state index contributed by atoms with van der Waals surface area (Å²) in [6, 6.07) is 11.4. The summed E-state index contributed by atoms with van der Waals surface area (Å²) >= 11 is 0. The molecule has 43 heavy (non-hydrogen) atoms. The number of hydrogen-bond donors (Lipinski definition) is 0. The van der Waals surface area contributed by atoms with Crippen LogP contribution in [0.2, 0.25) is 16.6 Å². The molecule has 10 nitrogen and oxygen atoms in total. The number of nitro benzene ring substituents is 1. The highest BCUT2D eigenvalue weighted by atomic mass is 28.4. The summed E-state index contributed by atoms with van der Waals surface area (Å²) in [4.78, 5) is 69.2. The van der Waals surface area contributed by atoms with E-state index in [0.717, 1.165) is 9.80 Å². The van der Waals surface area contributed by atoms with Crippen molar-refractivity contribution in [2.45, 2.75) is 70.1 Å². The SMILES string of the molecule is CC(C)[Si](OC1=C[C@@H](c2ccccc2[N+](=O)[O-])[C@@H]2C(=O)N(C)C(=O)[C@@H]2[C@H]1N1C(=O)c2ccccc2C1=O)(C(C)C)C(C)C. The Morgan fingerprint density at radius 2 is 1.28 bits per heavy atom. The molecule has 0 N–H and O–H groups in total. The number of carbonyl (C=O) groups excluding carboxylic acids is 4. The lowest BCUT2D eigenvalue weighted by Crippen LogP contribution is -2.56. The molecule has 11 heteroatoms. The molecule has 0 saturated carbocycles. The fourth-order valence-corrected chi connectivity index (χ4v) is 13.1. The summed E-state index contributed by atoms with van der Waals surface area (Å²) in [6.07, 6.45) is 1.68. The maximum Gasteiger partial charge on any atom is 0.273 e. The number of carbonyl (C=O) groups is 4. The average molecular weight is 604 g/mol. The molecule has 2 aromatic carbocycles. The van der Waals surface area contributed by atoms with Gasteiger partial charge in [-0.05, 0) is 34.8 Å². The molecule has 2 heterocycles. The van der Waals surface area contributed by atoms with Gasteiger partial charge in [-0.15, -0.1) is 0 Å². The summed E-state index contributed by atoms with van der Waals surface area (Å²) < 4.78 is 7.16. The standard InChI is InChI=1S/C32H37N3O7Si/c1-17(2)43(18(3)4,19(5)6)42-25-16-23(20-12-10-11-15-24(20)35(40)41)26-27(32(39)33(7)31(26)38)28(25)34-29(36)21-13-8-9-14-22(21)30(34)37/h8-19,23,26-28H,1-7H3/t23-,26-,27-,28-/m0/s1. The summed E-state index contributed by atoms with van der Waals surface area (Å²) in [6.45, 7) is 12.5. The number of nitro groups is 1. The molecule has 2 aliphatic heterocycles. The zero-order valence-corrected chi connectivity index (χ0v) is 26.4. The summed E-state index contributed by atoms with van der Waals surface area (Å²) in [5.41, 5.74) is 0.817. The lowest BCUT2D eigenvalue weighted by molar-refractivity contribution is -0.385. The molecule has 0 bridgehead atoms. The number of hydrogen-bond acceptors (Lipinski definition) is 7. The van der Waals surface area contributed by atoms with Crippen LogP contribution in [0.4, 0.5) is 5.69 Å². The molecule has 1 aliphatic carbocycles. The third-order valence-corrected chi connectivity index (χ3v) is 15.6. The largest absolute Gasteiger partial charge is 0.544 e. The molecule has 5 rings (SSSR count). The van der Waals surface area contributed by atoms with Gasteiger partial charge in [-0.2, -0.15) is 0 Å². The van der Waals surface area contributed by atoms with E-state index in [9.17, 15) is 29.3 Å². The first-order chi connectivity index (χ1) is 20.2. The van der Waals surface area contributed by atoms with Gasteiger partial charge in [0.25, 0.3) is 25.8 Å². The van der Waals surface area contributed by atoms with E-state index in [0.29, 0.717) is 0 Å². The topological polar surface area (TPSA) is 127 Å². The second-order valence-corrected chi connectivity index (χ2v) is 18.0. The Labute approximate surface area is 252 Å². The van der Waals surface area contributed by atoms with E-state index < -0.39 is 60.7 Å². The van der Waals surface area contributed by atoms with Crippen LogP contribution in [0.15, 0.2) is 60.4 Å². The van der Waals surface area contributed by atoms with Gasteiger partial charge >= 0.3 is 0 Å². The van der Waals surface area contributed by atoms with Crippen LogP contribution < -0.4 is 0 Å². The maximum atomic E-state index is 14.0. The highest BCUT2D eigenvalue weighted by Gasteiger charge is 2.62. The molecule has 1 fully saturated rings. The average Bonchev–Trinajstić information content (AvgIpc) is 3.35. The molecule has 3 aliphatic rings. The van der Waals surface area contributed by atoms with Crippen LogP contribution >= 0.6 is 0 Å². The van der Waals surface area contributed by atoms with Crippen molar-refractivity contribution in [1.82, 2.24) is 9.80 Å². The van der Waals surface area contributed by atoms with Gasteiger partial charge in [0.15, 0.2) is 0 Å². The van der Waals surface area contributed by atoms with E-state index in [2.05, 4.69) is 41.5 Å². The quantitative estimate of drug-likeness (QED) is 0.165. The zero-order chi connectivity index (χ0) is 31.5. The highest BCUT2D eigenvalue weighted by molar-refractivity contribution is 6.77. The van der Waals surface area contributed by atoms with E-state index in [-0.39, 0.29) is 44.8 Å². The first-order valence-corrected chi connectivity index (χ1v) is 16.8. The monoisotopic (exact) mass is 603 g/mol. The fraction of sp³-hybridized carbons (Fsp3) is 0.438. The predicted octanol–water partition coefficient (Wildman–Crippen LogP) is 5.66. The van der Waals surface area contributed by atoms with Gasteiger partial charge in [0, 0.05) is 24.6 Å². The lowest BCUT2D eigenvalue weighted by Gasteiger charge is -2.47. The highest BCUT2D eigenvalue weighted by Crippen LogP contribution is 2.53. The second kappa shape index (κ2) is 10.9. The first-order valence-electron chi connectivity index (χ1n) is 14.7. The van der Waals surface area contributed by atoms with Gasteiger partial charge in [-0.1, -0.05) is 71.9 Å². The van der Waals surface area contributed by atoms with Gasteiger partial charge < -0.3 is 4.43 Å². The molecular formula is C32H37N3O7Si. The number of amides is 4. The molecule has 4 amide bonds. The van der Waals surface area contributed by atoms with Crippen LogP contribution in [-0.4, -0.2) is 59.8 Å². The van der Waals surface area contributed by atoms with Crippen LogP contribution in [0.1, 0.15) is 73.7 Å². The van der Waals surface area contributed by atoms with Gasteiger partial charge in [-0.25, -0.2) is 0 Å². The minimum Gasteiger partial charge on any atom is -0.544 e. The Morgan fingerprint density at radius 1 is 0.791 bits per heavy atom. The van der Waals surface area contributed by atoms with Gasteiger partial charge in [0.2, 0.25) is 11.8 Å². The molecule has 0 radical (unpaired) electrons. The summed E-state index contributed by atoms with van der Waals surface area (Å²) in [5, 5.41) is 12.1. The number of likely N-dealkylation sites (tertiary alicyclic amines) is 1. The zero-order valence-electron chi connectivity index (χ0n) is 25.4. The normalized spacial score (nSPS) is 23.8. The van der Waals surface area contributed by atoms with Crippen molar-refractivity contribution in [1.29, 1.82) is 0 Å². The minimum atomic E-state index is -2.76. The van der Waals surface area contributed by atoms with Crippen molar-refractivity contribution >= 4 is 37.6 Å². The number of para-hydroxylation sites is 1. The number of nitrogens with zero attached hydrogens (tertiary/aromatic N) is 3. The molecule has 0 aromatic heterocycles. The number of imide groups is 2. The Morgan fingerprint density at radius 3 is 1.79 bits per heavy atom. The molecule has 2 aromatic rings. The summed E-state index contributed by atoms with van der Waals surface area (Å²) in [7, 11) is -1.39. The van der Waals surface area contributed by atoms with Crippen molar-refractivity contribution < 1.29 is 28.5 Å². The van der Waals surface area contributed by atoms with Crippen LogP contribution in [-0.2, 0) is 14.0 Å². The third-order valence-electron chi connectivity index (χ3n) is 9.58. The number of benzene rings is 2. The van der Waals surface area contributed by atoms with Crippen molar-refractivity contribution in [2.24, 2.45) is 11.8 Å². The fourth-order valence-electron chi connectivity index (χ4n) is 7.75. The van der Waals surface area contributed by atoms with Crippen molar-refractivity contribution in [2.75, 3.05) is 7.05 Å². The van der Waals surface area contributed by atoms with Crippen LogP contribution in [0, 0.1) is 22.0 Å². The first kappa shape index (κ1) is 30.3.